The van der Waals surface area contributed by atoms with E-state index in [2.05, 4.69) is 10.3 Å². The number of carbonyl (C=O) groups excluding carboxylic acids is 4. The smallest absolute Gasteiger partial charge is 0.255 e. The molecule has 3 aliphatic carbocycles. The SMILES string of the molecule is CC(C)(C)c1cc(CNC(=O)c2cccnc2)c2c(c1O)C(O)=C1C(=O)C3(O)C(O)=C(C(N)=O)C(=O)CC3CC1C2. The van der Waals surface area contributed by atoms with Crippen molar-refractivity contribution in [3.63, 3.8) is 0 Å². The van der Waals surface area contributed by atoms with E-state index in [0.29, 0.717) is 22.3 Å². The molecule has 0 radical (unpaired) electrons. The summed E-state index contributed by atoms with van der Waals surface area (Å²) in [5, 5.41) is 48.0. The van der Waals surface area contributed by atoms with Crippen molar-refractivity contribution >= 4 is 29.1 Å². The normalized spacial score (nSPS) is 24.0. The number of aliphatic hydroxyl groups excluding tert-OH is 2. The molecule has 0 spiro atoms. The molecule has 2 amide bonds. The Morgan fingerprint density at radius 2 is 1.88 bits per heavy atom. The Balaban J connectivity index is 1.65. The number of ketones is 2. The quantitative estimate of drug-likeness (QED) is 0.302. The number of hydrogen-bond donors (Lipinski definition) is 6. The highest BCUT2D eigenvalue weighted by atomic mass is 16.3. The second-order valence-electron chi connectivity index (χ2n) is 11.9. The number of Topliss-reactive ketones (excluding diaryl/α,β-unsaturated/α-hetero) is 2. The van der Waals surface area contributed by atoms with Gasteiger partial charge in [0.1, 0.15) is 22.8 Å². The summed E-state index contributed by atoms with van der Waals surface area (Å²) in [6, 6.07) is 5.01. The molecule has 3 aliphatic rings. The molecule has 11 nitrogen and oxygen atoms in total. The number of nitrogens with zero attached hydrogens (tertiary/aromatic N) is 1. The number of carbonyl (C=O) groups is 4. The number of aromatic nitrogens is 1. The van der Waals surface area contributed by atoms with Crippen molar-refractivity contribution in [3.05, 3.63) is 75.3 Å². The molecule has 2 aromatic rings. The van der Waals surface area contributed by atoms with Gasteiger partial charge in [-0.15, -0.1) is 0 Å². The second-order valence-corrected chi connectivity index (χ2v) is 11.9. The number of pyridine rings is 1. The number of nitrogens with two attached hydrogens (primary N) is 1. The summed E-state index contributed by atoms with van der Waals surface area (Å²) < 4.78 is 0. The lowest BCUT2D eigenvalue weighted by Crippen LogP contribution is -2.58. The summed E-state index contributed by atoms with van der Waals surface area (Å²) in [5.41, 5.74) is 2.87. The van der Waals surface area contributed by atoms with Gasteiger partial charge in [0, 0.05) is 42.4 Å². The predicted octanol–water partition coefficient (Wildman–Crippen LogP) is 2.05. The van der Waals surface area contributed by atoms with Gasteiger partial charge in [-0.25, -0.2) is 0 Å². The molecule has 1 aromatic heterocycles. The standard InChI is InChI=1S/C30H31N3O8/c1-29(2,3)18-9-15(12-33-28(40)13-5-4-6-32-11-13)17-8-14-7-16-10-19(34)22(27(31)39)26(38)30(16,41)25(37)20(14)24(36)21(17)23(18)35/h4-6,9,11,14,16,35-36,38,41H,7-8,10,12H2,1-3H3,(H2,31,39)(H,33,40). The molecule has 3 unspecified atom stereocenters. The molecule has 214 valence electrons. The average molecular weight is 562 g/mol. The summed E-state index contributed by atoms with van der Waals surface area (Å²) in [7, 11) is 0. The van der Waals surface area contributed by atoms with E-state index in [-0.39, 0.29) is 42.2 Å². The summed E-state index contributed by atoms with van der Waals surface area (Å²) in [6.45, 7) is 5.61. The van der Waals surface area contributed by atoms with E-state index >= 15 is 0 Å². The van der Waals surface area contributed by atoms with Crippen molar-refractivity contribution in [1.82, 2.24) is 10.3 Å². The van der Waals surface area contributed by atoms with Crippen LogP contribution in [0.15, 0.2) is 47.5 Å². The lowest BCUT2D eigenvalue weighted by molar-refractivity contribution is -0.147. The number of hydrogen-bond acceptors (Lipinski definition) is 9. The highest BCUT2D eigenvalue weighted by Crippen LogP contribution is 2.53. The predicted molar refractivity (Wildman–Crippen MR) is 145 cm³/mol. The monoisotopic (exact) mass is 561 g/mol. The molecular formula is C30H31N3O8. The number of fused-ring (bicyclic) bond motifs is 3. The molecule has 0 bridgehead atoms. The summed E-state index contributed by atoms with van der Waals surface area (Å²) >= 11 is 0. The van der Waals surface area contributed by atoms with Crippen LogP contribution in [0.2, 0.25) is 0 Å². The van der Waals surface area contributed by atoms with Crippen molar-refractivity contribution in [2.75, 3.05) is 0 Å². The Hall–Kier alpha value is -4.51. The zero-order chi connectivity index (χ0) is 30.0. The molecular weight excluding hydrogens is 530 g/mol. The van der Waals surface area contributed by atoms with Gasteiger partial charge in [-0.1, -0.05) is 20.8 Å². The minimum absolute atomic E-state index is 0.00446. The molecule has 41 heavy (non-hydrogen) atoms. The third-order valence-electron chi connectivity index (χ3n) is 8.33. The van der Waals surface area contributed by atoms with Crippen LogP contribution in [0.3, 0.4) is 0 Å². The molecule has 1 fully saturated rings. The van der Waals surface area contributed by atoms with E-state index in [1.54, 1.807) is 24.4 Å². The van der Waals surface area contributed by atoms with Crippen molar-refractivity contribution in [2.45, 2.75) is 57.6 Å². The molecule has 1 saturated carbocycles. The summed E-state index contributed by atoms with van der Waals surface area (Å²) in [6.07, 6.45) is 2.74. The van der Waals surface area contributed by atoms with Gasteiger partial charge in [0.15, 0.2) is 11.4 Å². The maximum atomic E-state index is 13.8. The lowest BCUT2D eigenvalue weighted by atomic mass is 9.59. The van der Waals surface area contributed by atoms with Crippen molar-refractivity contribution in [2.24, 2.45) is 17.6 Å². The fourth-order valence-electron chi connectivity index (χ4n) is 6.27. The number of rotatable bonds is 4. The van der Waals surface area contributed by atoms with Gasteiger partial charge in [-0.3, -0.25) is 24.2 Å². The van der Waals surface area contributed by atoms with Crippen molar-refractivity contribution < 1.29 is 39.6 Å². The number of nitrogens with one attached hydrogen (secondary N) is 1. The van der Waals surface area contributed by atoms with Gasteiger partial charge < -0.3 is 31.5 Å². The average Bonchev–Trinajstić information content (AvgIpc) is 2.89. The van der Waals surface area contributed by atoms with Crippen LogP contribution < -0.4 is 11.1 Å². The number of phenolic OH excluding ortho intramolecular Hbond substituents is 1. The first-order chi connectivity index (χ1) is 19.2. The number of aromatic hydroxyl groups is 1. The molecule has 7 N–H and O–H groups in total. The molecule has 11 heteroatoms. The van der Waals surface area contributed by atoms with Gasteiger partial charge in [0.25, 0.3) is 11.8 Å². The Morgan fingerprint density at radius 3 is 2.49 bits per heavy atom. The fourth-order valence-corrected chi connectivity index (χ4v) is 6.27. The van der Waals surface area contributed by atoms with Gasteiger partial charge >= 0.3 is 0 Å². The van der Waals surface area contributed by atoms with Gasteiger partial charge in [0.2, 0.25) is 5.78 Å². The van der Waals surface area contributed by atoms with Crippen molar-refractivity contribution in [1.29, 1.82) is 0 Å². The van der Waals surface area contributed by atoms with Crippen LogP contribution in [0.1, 0.15) is 66.2 Å². The van der Waals surface area contributed by atoms with E-state index in [4.69, 9.17) is 5.73 Å². The highest BCUT2D eigenvalue weighted by molar-refractivity contribution is 6.22. The fraction of sp³-hybridized carbons (Fsp3) is 0.367. The Morgan fingerprint density at radius 1 is 1.17 bits per heavy atom. The van der Waals surface area contributed by atoms with E-state index in [9.17, 15) is 39.6 Å². The molecule has 0 aliphatic heterocycles. The van der Waals surface area contributed by atoms with Crippen LogP contribution in [0.25, 0.3) is 5.76 Å². The number of aliphatic hydroxyl groups is 3. The molecule has 1 aromatic carbocycles. The minimum atomic E-state index is -2.63. The van der Waals surface area contributed by atoms with Crippen molar-refractivity contribution in [3.8, 4) is 5.75 Å². The molecule has 3 atom stereocenters. The third-order valence-corrected chi connectivity index (χ3v) is 8.33. The topological polar surface area (TPSA) is 200 Å². The Kier molecular flexibility index (Phi) is 6.53. The third kappa shape index (κ3) is 4.28. The first-order valence-electron chi connectivity index (χ1n) is 13.2. The maximum absolute atomic E-state index is 13.8. The van der Waals surface area contributed by atoms with Crippen LogP contribution >= 0.6 is 0 Å². The van der Waals surface area contributed by atoms with E-state index in [0.717, 1.165) is 0 Å². The first kappa shape index (κ1) is 28.0. The zero-order valence-corrected chi connectivity index (χ0v) is 22.8. The minimum Gasteiger partial charge on any atom is -0.508 e. The number of benzene rings is 1. The Bertz CT molecular complexity index is 1580. The van der Waals surface area contributed by atoms with Crippen LogP contribution in [0.4, 0.5) is 0 Å². The van der Waals surface area contributed by atoms with Gasteiger partial charge in [-0.05, 0) is 53.5 Å². The highest BCUT2D eigenvalue weighted by Gasteiger charge is 2.60. The van der Waals surface area contributed by atoms with Crippen LogP contribution in [-0.4, -0.2) is 54.4 Å². The number of primary amides is 1. The van der Waals surface area contributed by atoms with Crippen LogP contribution in [0.5, 0.6) is 5.75 Å². The maximum Gasteiger partial charge on any atom is 0.255 e. The van der Waals surface area contributed by atoms with Crippen LogP contribution in [0, 0.1) is 11.8 Å². The Labute approximate surface area is 235 Å². The van der Waals surface area contributed by atoms with Gasteiger partial charge in [-0.2, -0.15) is 0 Å². The number of phenols is 1. The zero-order valence-electron chi connectivity index (χ0n) is 22.8. The lowest BCUT2D eigenvalue weighted by Gasteiger charge is -2.46. The molecule has 0 saturated heterocycles. The molecule has 5 rings (SSSR count). The largest absolute Gasteiger partial charge is 0.508 e. The van der Waals surface area contributed by atoms with Crippen LogP contribution in [-0.2, 0) is 32.8 Å². The summed E-state index contributed by atoms with van der Waals surface area (Å²) in [4.78, 5) is 55.0. The van der Waals surface area contributed by atoms with E-state index < -0.39 is 63.8 Å². The number of amides is 2. The second kappa shape index (κ2) is 9.55. The van der Waals surface area contributed by atoms with E-state index in [1.807, 2.05) is 20.8 Å². The summed E-state index contributed by atoms with van der Waals surface area (Å²) in [5.74, 6) is -7.17. The first-order valence-corrected chi connectivity index (χ1v) is 13.2. The van der Waals surface area contributed by atoms with Gasteiger partial charge in [0.05, 0.1) is 11.1 Å². The van der Waals surface area contributed by atoms with E-state index in [1.165, 1.54) is 6.20 Å². The molecule has 1 heterocycles.